The van der Waals surface area contributed by atoms with Crippen molar-refractivity contribution < 1.29 is 5.11 Å². The molecule has 0 unspecified atom stereocenters. The molecule has 2 aromatic rings. The summed E-state index contributed by atoms with van der Waals surface area (Å²) >= 11 is 0. The van der Waals surface area contributed by atoms with Gasteiger partial charge in [0.25, 0.3) is 5.56 Å². The number of hydrogen-bond donors (Lipinski definition) is 2. The van der Waals surface area contributed by atoms with Gasteiger partial charge in [-0.25, -0.2) is 4.98 Å². The summed E-state index contributed by atoms with van der Waals surface area (Å²) in [6, 6.07) is 8.27. The van der Waals surface area contributed by atoms with E-state index < -0.39 is 0 Å². The number of rotatable bonds is 5. The number of hydrogen-bond acceptors (Lipinski definition) is 4. The number of β-amino-alcohol motifs (C(OH)–C–C–N with tert-alkyl or cyclic N) is 1. The first kappa shape index (κ1) is 17.8. The molecule has 0 radical (unpaired) electrons. The summed E-state index contributed by atoms with van der Waals surface area (Å²) in [5.74, 6) is 0.944. The van der Waals surface area contributed by atoms with Gasteiger partial charge in [0, 0.05) is 32.5 Å². The number of aromatic nitrogens is 2. The normalized spacial score (nSPS) is 16.0. The van der Waals surface area contributed by atoms with Crippen LogP contribution in [0.5, 0.6) is 0 Å². The van der Waals surface area contributed by atoms with E-state index >= 15 is 0 Å². The van der Waals surface area contributed by atoms with Crippen molar-refractivity contribution in [1.82, 2.24) is 14.9 Å². The first-order valence-corrected chi connectivity index (χ1v) is 8.99. The highest BCUT2D eigenvalue weighted by Gasteiger charge is 2.23. The number of aliphatic hydroxyl groups is 1. The predicted molar refractivity (Wildman–Crippen MR) is 98.7 cm³/mol. The Morgan fingerprint density at radius 3 is 2.88 bits per heavy atom. The van der Waals surface area contributed by atoms with Gasteiger partial charge in [0.1, 0.15) is 5.82 Å². The summed E-state index contributed by atoms with van der Waals surface area (Å²) in [6.07, 6.45) is 1.03. The molecular weight excluding hydrogens is 314 g/mol. The number of aromatic amines is 1. The molecule has 2 N–H and O–H groups in total. The molecule has 0 spiro atoms. The van der Waals surface area contributed by atoms with Crippen LogP contribution in [0.1, 0.15) is 42.1 Å². The Balaban J connectivity index is 1.76. The van der Waals surface area contributed by atoms with Crippen molar-refractivity contribution in [2.45, 2.75) is 46.3 Å². The van der Waals surface area contributed by atoms with Crippen molar-refractivity contribution in [2.75, 3.05) is 13.1 Å². The van der Waals surface area contributed by atoms with Crippen LogP contribution in [0.2, 0.25) is 0 Å². The fraction of sp³-hybridized carbons (Fsp3) is 0.500. The predicted octanol–water partition coefficient (Wildman–Crippen LogP) is 2.04. The molecule has 0 fully saturated rings. The zero-order chi connectivity index (χ0) is 18.0. The zero-order valence-corrected chi connectivity index (χ0v) is 15.2. The minimum Gasteiger partial charge on any atom is -0.392 e. The van der Waals surface area contributed by atoms with Crippen molar-refractivity contribution in [3.05, 3.63) is 62.8 Å². The molecule has 134 valence electrons. The number of aliphatic hydroxyl groups excluding tert-OH is 1. The van der Waals surface area contributed by atoms with Crippen LogP contribution < -0.4 is 5.56 Å². The third-order valence-electron chi connectivity index (χ3n) is 4.87. The highest BCUT2D eigenvalue weighted by atomic mass is 16.3. The Morgan fingerprint density at radius 1 is 1.36 bits per heavy atom. The van der Waals surface area contributed by atoms with E-state index in [9.17, 15) is 9.90 Å². The Bertz CT molecular complexity index is 798. The molecule has 0 saturated carbocycles. The minimum atomic E-state index is -0.366. The van der Waals surface area contributed by atoms with Gasteiger partial charge in [0.2, 0.25) is 0 Å². The molecule has 1 atom stereocenters. The number of nitrogens with one attached hydrogen (secondary N) is 1. The Labute approximate surface area is 148 Å². The second-order valence-corrected chi connectivity index (χ2v) is 7.40. The van der Waals surface area contributed by atoms with E-state index in [1.54, 1.807) is 0 Å². The smallest absolute Gasteiger partial charge is 0.255 e. The van der Waals surface area contributed by atoms with Crippen LogP contribution >= 0.6 is 0 Å². The standard InChI is InChI=1S/C20H27N3O2/c1-13(2)18(24)12-23-8-7-17-16(11-23)20(25)22-19(21-17)10-15-6-4-5-14(3)9-15/h4-6,9,13,18,24H,7-8,10-12H2,1-3H3,(H,21,22,25)/t18-/m1/s1. The lowest BCUT2D eigenvalue weighted by Crippen LogP contribution is -2.41. The quantitative estimate of drug-likeness (QED) is 0.873. The maximum Gasteiger partial charge on any atom is 0.255 e. The van der Waals surface area contributed by atoms with Crippen molar-refractivity contribution in [2.24, 2.45) is 5.92 Å². The summed E-state index contributed by atoms with van der Waals surface area (Å²) in [5.41, 5.74) is 3.96. The van der Waals surface area contributed by atoms with Crippen LogP contribution in [0.4, 0.5) is 0 Å². The molecule has 5 heteroatoms. The average molecular weight is 341 g/mol. The fourth-order valence-electron chi connectivity index (χ4n) is 3.26. The molecule has 0 aliphatic carbocycles. The van der Waals surface area contributed by atoms with E-state index in [1.165, 1.54) is 5.56 Å². The second kappa shape index (κ2) is 7.50. The number of benzene rings is 1. The molecule has 0 amide bonds. The largest absolute Gasteiger partial charge is 0.392 e. The summed E-state index contributed by atoms with van der Waals surface area (Å²) in [4.78, 5) is 22.3. The van der Waals surface area contributed by atoms with Gasteiger partial charge in [-0.05, 0) is 18.4 Å². The van der Waals surface area contributed by atoms with E-state index in [2.05, 4.69) is 35.0 Å². The third kappa shape index (κ3) is 4.35. The van der Waals surface area contributed by atoms with Crippen LogP contribution in [0, 0.1) is 12.8 Å². The SMILES string of the molecule is Cc1cccc(Cc2nc3c(c(=O)[nH]2)CN(C[C@@H](O)C(C)C)CC3)c1. The van der Waals surface area contributed by atoms with Gasteiger partial charge in [-0.3, -0.25) is 9.69 Å². The molecular formula is C20H27N3O2. The number of aryl methyl sites for hydroxylation is 1. The monoisotopic (exact) mass is 341 g/mol. The van der Waals surface area contributed by atoms with Gasteiger partial charge in [-0.1, -0.05) is 43.7 Å². The minimum absolute atomic E-state index is 0.0450. The van der Waals surface area contributed by atoms with Gasteiger partial charge in [-0.15, -0.1) is 0 Å². The summed E-state index contributed by atoms with van der Waals surface area (Å²) in [5, 5.41) is 10.1. The van der Waals surface area contributed by atoms with Gasteiger partial charge in [-0.2, -0.15) is 0 Å². The number of H-pyrrole nitrogens is 1. The summed E-state index contributed by atoms with van der Waals surface area (Å²) in [6.45, 7) is 8.07. The lowest BCUT2D eigenvalue weighted by atomic mass is 10.0. The molecule has 25 heavy (non-hydrogen) atoms. The Kier molecular flexibility index (Phi) is 5.35. The maximum atomic E-state index is 12.5. The maximum absolute atomic E-state index is 12.5. The van der Waals surface area contributed by atoms with Crippen molar-refractivity contribution in [1.29, 1.82) is 0 Å². The highest BCUT2D eigenvalue weighted by Crippen LogP contribution is 2.16. The first-order valence-electron chi connectivity index (χ1n) is 8.99. The van der Waals surface area contributed by atoms with Gasteiger partial charge >= 0.3 is 0 Å². The van der Waals surface area contributed by atoms with Crippen molar-refractivity contribution in [3.8, 4) is 0 Å². The van der Waals surface area contributed by atoms with E-state index in [0.717, 1.165) is 35.6 Å². The van der Waals surface area contributed by atoms with Crippen LogP contribution in [0.25, 0.3) is 0 Å². The highest BCUT2D eigenvalue weighted by molar-refractivity contribution is 5.27. The summed E-state index contributed by atoms with van der Waals surface area (Å²) in [7, 11) is 0. The Hall–Kier alpha value is -1.98. The number of nitrogens with zero attached hydrogens (tertiary/aromatic N) is 2. The van der Waals surface area contributed by atoms with Crippen LogP contribution in [0.3, 0.4) is 0 Å². The lowest BCUT2D eigenvalue weighted by molar-refractivity contribution is 0.0704. The topological polar surface area (TPSA) is 69.2 Å². The van der Waals surface area contributed by atoms with Gasteiger partial charge in [0.15, 0.2) is 0 Å². The first-order chi connectivity index (χ1) is 11.9. The van der Waals surface area contributed by atoms with Crippen LogP contribution in [-0.2, 0) is 19.4 Å². The zero-order valence-electron chi connectivity index (χ0n) is 15.2. The molecule has 5 nitrogen and oxygen atoms in total. The summed E-state index contributed by atoms with van der Waals surface area (Å²) < 4.78 is 0. The fourth-order valence-corrected chi connectivity index (χ4v) is 3.26. The third-order valence-corrected chi connectivity index (χ3v) is 4.87. The lowest BCUT2D eigenvalue weighted by Gasteiger charge is -2.30. The van der Waals surface area contributed by atoms with Crippen LogP contribution in [0.15, 0.2) is 29.1 Å². The molecule has 1 aliphatic rings. The van der Waals surface area contributed by atoms with Gasteiger partial charge < -0.3 is 10.1 Å². The molecule has 1 aromatic heterocycles. The molecule has 1 aliphatic heterocycles. The molecule has 1 aromatic carbocycles. The molecule has 3 rings (SSSR count). The molecule has 0 bridgehead atoms. The van der Waals surface area contributed by atoms with Crippen molar-refractivity contribution >= 4 is 0 Å². The average Bonchev–Trinajstić information content (AvgIpc) is 2.55. The Morgan fingerprint density at radius 2 is 2.16 bits per heavy atom. The second-order valence-electron chi connectivity index (χ2n) is 7.40. The van der Waals surface area contributed by atoms with Gasteiger partial charge in [0.05, 0.1) is 17.4 Å². The van der Waals surface area contributed by atoms with Crippen molar-refractivity contribution in [3.63, 3.8) is 0 Å². The number of fused-ring (bicyclic) bond motifs is 1. The van der Waals surface area contributed by atoms with E-state index in [1.807, 2.05) is 19.9 Å². The molecule has 0 saturated heterocycles. The molecule has 2 heterocycles. The van der Waals surface area contributed by atoms with E-state index in [-0.39, 0.29) is 17.6 Å². The van der Waals surface area contributed by atoms with Crippen LogP contribution in [-0.4, -0.2) is 39.2 Å². The van der Waals surface area contributed by atoms with E-state index in [0.29, 0.717) is 19.5 Å². The van der Waals surface area contributed by atoms with E-state index in [4.69, 9.17) is 4.98 Å².